The topological polar surface area (TPSA) is 43.6 Å². The Hall–Kier alpha value is -2.14. The largest absolute Gasteiger partial charge is 0.437 e. The van der Waals surface area contributed by atoms with Crippen LogP contribution in [0.2, 0.25) is 0 Å². The molecule has 2 heterocycles. The van der Waals surface area contributed by atoms with Crippen molar-refractivity contribution in [2.75, 3.05) is 0 Å². The Morgan fingerprint density at radius 2 is 2.15 bits per heavy atom. The lowest BCUT2D eigenvalue weighted by molar-refractivity contribution is 0.111. The normalized spacial score (nSPS) is 10.7. The number of rotatable bonds is 3. The van der Waals surface area contributed by atoms with Crippen LogP contribution in [0.25, 0.3) is 5.65 Å². The minimum Gasteiger partial charge on any atom is -0.437 e. The number of imidazole rings is 1. The number of halogens is 1. The second kappa shape index (κ2) is 5.09. The maximum Gasteiger partial charge on any atom is 0.249 e. The summed E-state index contributed by atoms with van der Waals surface area (Å²) in [6.45, 7) is 1.97. The highest BCUT2D eigenvalue weighted by molar-refractivity contribution is 9.10. The Labute approximate surface area is 124 Å². The minimum atomic E-state index is 0.313. The van der Waals surface area contributed by atoms with Crippen molar-refractivity contribution < 1.29 is 9.53 Å². The van der Waals surface area contributed by atoms with E-state index in [0.717, 1.165) is 16.3 Å². The summed E-state index contributed by atoms with van der Waals surface area (Å²) in [7, 11) is 0. The van der Waals surface area contributed by atoms with Crippen molar-refractivity contribution >= 4 is 27.9 Å². The van der Waals surface area contributed by atoms with Crippen molar-refractivity contribution in [2.45, 2.75) is 6.92 Å². The molecule has 0 aliphatic rings. The average molecular weight is 331 g/mol. The molecule has 0 saturated carbocycles. The van der Waals surface area contributed by atoms with E-state index in [0.29, 0.717) is 23.0 Å². The van der Waals surface area contributed by atoms with E-state index < -0.39 is 0 Å². The van der Waals surface area contributed by atoms with Crippen molar-refractivity contribution in [3.63, 3.8) is 0 Å². The monoisotopic (exact) mass is 330 g/mol. The van der Waals surface area contributed by atoms with E-state index in [1.165, 1.54) is 0 Å². The molecule has 0 aliphatic carbocycles. The molecule has 0 radical (unpaired) electrons. The fourth-order valence-corrected chi connectivity index (χ4v) is 2.21. The Balaban J connectivity index is 2.05. The van der Waals surface area contributed by atoms with Gasteiger partial charge in [0.15, 0.2) is 12.0 Å². The van der Waals surface area contributed by atoms with E-state index in [4.69, 9.17) is 4.74 Å². The zero-order valence-electron chi connectivity index (χ0n) is 10.7. The smallest absolute Gasteiger partial charge is 0.249 e. The Kier molecular flexibility index (Phi) is 3.28. The summed E-state index contributed by atoms with van der Waals surface area (Å²) in [4.78, 5) is 15.6. The van der Waals surface area contributed by atoms with Gasteiger partial charge in [0.25, 0.3) is 0 Å². The van der Waals surface area contributed by atoms with Crippen LogP contribution in [0.5, 0.6) is 11.6 Å². The number of aryl methyl sites for hydroxylation is 1. The highest BCUT2D eigenvalue weighted by Crippen LogP contribution is 2.27. The number of ether oxygens (including phenoxy) is 1. The molecule has 0 N–H and O–H groups in total. The number of aromatic nitrogens is 2. The van der Waals surface area contributed by atoms with Crippen LogP contribution < -0.4 is 4.74 Å². The van der Waals surface area contributed by atoms with Gasteiger partial charge in [-0.25, -0.2) is 0 Å². The summed E-state index contributed by atoms with van der Waals surface area (Å²) >= 11 is 3.44. The van der Waals surface area contributed by atoms with Gasteiger partial charge < -0.3 is 4.74 Å². The molecule has 0 aliphatic heterocycles. The maximum atomic E-state index is 11.3. The van der Waals surface area contributed by atoms with Crippen LogP contribution in [-0.2, 0) is 0 Å². The van der Waals surface area contributed by atoms with Crippen molar-refractivity contribution in [3.8, 4) is 11.6 Å². The highest BCUT2D eigenvalue weighted by atomic mass is 79.9. The molecule has 0 bridgehead atoms. The molecule has 1 aromatic carbocycles. The van der Waals surface area contributed by atoms with E-state index in [-0.39, 0.29) is 0 Å². The van der Waals surface area contributed by atoms with Crippen LogP contribution in [0.4, 0.5) is 0 Å². The molecule has 0 spiro atoms. The zero-order chi connectivity index (χ0) is 14.1. The molecule has 0 unspecified atom stereocenters. The van der Waals surface area contributed by atoms with Crippen molar-refractivity contribution in [1.82, 2.24) is 9.38 Å². The average Bonchev–Trinajstić information content (AvgIpc) is 2.80. The van der Waals surface area contributed by atoms with E-state index >= 15 is 0 Å². The first-order chi connectivity index (χ1) is 9.69. The third kappa shape index (κ3) is 2.20. The lowest BCUT2D eigenvalue weighted by Gasteiger charge is -2.05. The number of hydrogen-bond donors (Lipinski definition) is 0. The number of pyridine rings is 1. The van der Waals surface area contributed by atoms with Crippen molar-refractivity contribution in [3.05, 3.63) is 58.3 Å². The standard InChI is InChI=1S/C15H11BrN2O2/c1-10-8-11(5-6-12(10)16)20-15-13(9-19)18-7-3-2-4-14(18)17-15/h2-9H,1H3. The SMILES string of the molecule is Cc1cc(Oc2nc3ccccn3c2C=O)ccc1Br. The highest BCUT2D eigenvalue weighted by Gasteiger charge is 2.13. The van der Waals surface area contributed by atoms with Gasteiger partial charge in [-0.3, -0.25) is 9.20 Å². The molecular weight excluding hydrogens is 320 g/mol. The fraction of sp³-hybridized carbons (Fsp3) is 0.0667. The molecule has 20 heavy (non-hydrogen) atoms. The first-order valence-electron chi connectivity index (χ1n) is 6.05. The summed E-state index contributed by atoms with van der Waals surface area (Å²) < 4.78 is 8.45. The molecule has 0 fully saturated rings. The molecule has 0 saturated heterocycles. The molecule has 0 amide bonds. The summed E-state index contributed by atoms with van der Waals surface area (Å²) in [6, 6.07) is 11.2. The minimum absolute atomic E-state index is 0.313. The van der Waals surface area contributed by atoms with Gasteiger partial charge in [-0.15, -0.1) is 0 Å². The summed E-state index contributed by atoms with van der Waals surface area (Å²) in [5, 5.41) is 0. The zero-order valence-corrected chi connectivity index (χ0v) is 12.3. The van der Waals surface area contributed by atoms with Gasteiger partial charge in [0, 0.05) is 10.7 Å². The number of aldehydes is 1. The second-order valence-corrected chi connectivity index (χ2v) is 5.22. The fourth-order valence-electron chi connectivity index (χ4n) is 1.97. The number of benzene rings is 1. The van der Waals surface area contributed by atoms with E-state index in [1.807, 2.05) is 43.3 Å². The third-order valence-electron chi connectivity index (χ3n) is 2.99. The Bertz CT molecular complexity index is 796. The van der Waals surface area contributed by atoms with Crippen LogP contribution in [0, 0.1) is 6.92 Å². The van der Waals surface area contributed by atoms with Gasteiger partial charge in [0.05, 0.1) is 0 Å². The van der Waals surface area contributed by atoms with Gasteiger partial charge in [-0.1, -0.05) is 22.0 Å². The van der Waals surface area contributed by atoms with Gasteiger partial charge in [-0.05, 0) is 42.8 Å². The van der Waals surface area contributed by atoms with E-state index in [1.54, 1.807) is 10.6 Å². The van der Waals surface area contributed by atoms with Gasteiger partial charge in [0.1, 0.15) is 11.4 Å². The molecule has 3 aromatic rings. The van der Waals surface area contributed by atoms with Gasteiger partial charge >= 0.3 is 0 Å². The molecule has 2 aromatic heterocycles. The van der Waals surface area contributed by atoms with Gasteiger partial charge in [-0.2, -0.15) is 4.98 Å². The lowest BCUT2D eigenvalue weighted by Crippen LogP contribution is -1.93. The van der Waals surface area contributed by atoms with Crippen LogP contribution in [0.1, 0.15) is 16.1 Å². The number of carbonyl (C=O) groups excluding carboxylic acids is 1. The predicted molar refractivity (Wildman–Crippen MR) is 79.5 cm³/mol. The molecule has 4 nitrogen and oxygen atoms in total. The van der Waals surface area contributed by atoms with Crippen LogP contribution >= 0.6 is 15.9 Å². The molecular formula is C15H11BrN2O2. The first-order valence-corrected chi connectivity index (χ1v) is 6.84. The maximum absolute atomic E-state index is 11.3. The summed E-state index contributed by atoms with van der Waals surface area (Å²) in [6.07, 6.45) is 2.53. The van der Waals surface area contributed by atoms with Crippen molar-refractivity contribution in [2.24, 2.45) is 0 Å². The van der Waals surface area contributed by atoms with Crippen LogP contribution in [0.15, 0.2) is 47.1 Å². The number of nitrogens with zero attached hydrogens (tertiary/aromatic N) is 2. The Morgan fingerprint density at radius 3 is 2.90 bits per heavy atom. The Morgan fingerprint density at radius 1 is 1.30 bits per heavy atom. The van der Waals surface area contributed by atoms with Crippen molar-refractivity contribution in [1.29, 1.82) is 0 Å². The second-order valence-electron chi connectivity index (χ2n) is 4.36. The summed E-state index contributed by atoms with van der Waals surface area (Å²) in [5.74, 6) is 0.963. The van der Waals surface area contributed by atoms with Crippen LogP contribution in [0.3, 0.4) is 0 Å². The third-order valence-corrected chi connectivity index (χ3v) is 3.88. The lowest BCUT2D eigenvalue weighted by atomic mass is 10.2. The molecule has 100 valence electrons. The molecule has 5 heteroatoms. The number of hydrogen-bond acceptors (Lipinski definition) is 3. The van der Waals surface area contributed by atoms with Gasteiger partial charge in [0.2, 0.25) is 5.88 Å². The summed E-state index contributed by atoms with van der Waals surface area (Å²) in [5.41, 5.74) is 2.14. The number of fused-ring (bicyclic) bond motifs is 1. The molecule has 0 atom stereocenters. The predicted octanol–water partition coefficient (Wildman–Crippen LogP) is 4.01. The quantitative estimate of drug-likeness (QED) is 0.681. The number of carbonyl (C=O) groups is 1. The van der Waals surface area contributed by atoms with E-state index in [2.05, 4.69) is 20.9 Å². The van der Waals surface area contributed by atoms with Crippen LogP contribution in [-0.4, -0.2) is 15.7 Å². The first kappa shape index (κ1) is 12.9. The molecule has 3 rings (SSSR count). The van der Waals surface area contributed by atoms with E-state index in [9.17, 15) is 4.79 Å².